The quantitative estimate of drug-likeness (QED) is 0.781. The minimum Gasteiger partial charge on any atom is -0.508 e. The van der Waals surface area contributed by atoms with E-state index < -0.39 is 0 Å². The standard InChI is InChI=1S/C18H23NO2/c1-2-11-19-16(12-15-7-6-8-17(20)13-15)14-21-18-9-4-3-5-10-18/h3-10,13,16,19-20H,2,11-12,14H2,1H3. The van der Waals surface area contributed by atoms with Crippen molar-refractivity contribution in [3.8, 4) is 11.5 Å². The van der Waals surface area contributed by atoms with Crippen LogP contribution in [0.5, 0.6) is 11.5 Å². The number of phenolic OH excluding ortho intramolecular Hbond substituents is 1. The van der Waals surface area contributed by atoms with Crippen molar-refractivity contribution in [1.29, 1.82) is 0 Å². The lowest BCUT2D eigenvalue weighted by Crippen LogP contribution is -2.37. The molecule has 2 aromatic carbocycles. The number of aromatic hydroxyl groups is 1. The van der Waals surface area contributed by atoms with Gasteiger partial charge in [-0.2, -0.15) is 0 Å². The molecule has 3 nitrogen and oxygen atoms in total. The Labute approximate surface area is 126 Å². The molecule has 1 atom stereocenters. The van der Waals surface area contributed by atoms with E-state index in [1.165, 1.54) is 0 Å². The van der Waals surface area contributed by atoms with Gasteiger partial charge in [0.1, 0.15) is 18.1 Å². The van der Waals surface area contributed by atoms with Gasteiger partial charge in [0.05, 0.1) is 0 Å². The van der Waals surface area contributed by atoms with Crippen LogP contribution in [0.4, 0.5) is 0 Å². The summed E-state index contributed by atoms with van der Waals surface area (Å²) in [6.45, 7) is 3.72. The molecule has 1 unspecified atom stereocenters. The van der Waals surface area contributed by atoms with Crippen LogP contribution in [0.25, 0.3) is 0 Å². The number of phenols is 1. The summed E-state index contributed by atoms with van der Waals surface area (Å²) in [5.41, 5.74) is 1.11. The topological polar surface area (TPSA) is 41.5 Å². The van der Waals surface area contributed by atoms with Crippen molar-refractivity contribution >= 4 is 0 Å². The summed E-state index contributed by atoms with van der Waals surface area (Å²) in [5.74, 6) is 1.20. The molecule has 0 fully saturated rings. The van der Waals surface area contributed by atoms with Crippen LogP contribution in [0.2, 0.25) is 0 Å². The van der Waals surface area contributed by atoms with Gasteiger partial charge in [-0.3, -0.25) is 0 Å². The van der Waals surface area contributed by atoms with Crippen LogP contribution in [-0.4, -0.2) is 24.3 Å². The van der Waals surface area contributed by atoms with Crippen molar-refractivity contribution in [3.63, 3.8) is 0 Å². The minimum atomic E-state index is 0.229. The van der Waals surface area contributed by atoms with Gasteiger partial charge in [-0.1, -0.05) is 37.3 Å². The van der Waals surface area contributed by atoms with Gasteiger partial charge in [0.25, 0.3) is 0 Å². The number of hydrogen-bond donors (Lipinski definition) is 2. The SMILES string of the molecule is CCCNC(COc1ccccc1)Cc1cccc(O)c1. The molecule has 112 valence electrons. The summed E-state index contributed by atoms with van der Waals surface area (Å²) in [6.07, 6.45) is 1.92. The number of benzene rings is 2. The van der Waals surface area contributed by atoms with E-state index in [9.17, 15) is 5.11 Å². The lowest BCUT2D eigenvalue weighted by molar-refractivity contribution is 0.263. The first-order chi connectivity index (χ1) is 10.3. The van der Waals surface area contributed by atoms with Gasteiger partial charge in [-0.25, -0.2) is 0 Å². The second-order valence-electron chi connectivity index (χ2n) is 5.15. The van der Waals surface area contributed by atoms with Crippen LogP contribution in [0.1, 0.15) is 18.9 Å². The molecule has 0 aromatic heterocycles. The fraction of sp³-hybridized carbons (Fsp3) is 0.333. The third kappa shape index (κ3) is 5.48. The summed E-state index contributed by atoms with van der Waals surface area (Å²) >= 11 is 0. The molecule has 21 heavy (non-hydrogen) atoms. The summed E-state index contributed by atoms with van der Waals surface area (Å²) < 4.78 is 5.84. The lowest BCUT2D eigenvalue weighted by atomic mass is 10.1. The molecule has 0 aliphatic heterocycles. The molecule has 0 spiro atoms. The molecule has 0 bridgehead atoms. The number of nitrogens with one attached hydrogen (secondary N) is 1. The highest BCUT2D eigenvalue weighted by Gasteiger charge is 2.10. The first-order valence-corrected chi connectivity index (χ1v) is 7.47. The molecule has 2 rings (SSSR count). The molecule has 2 aromatic rings. The first kappa shape index (κ1) is 15.4. The van der Waals surface area contributed by atoms with E-state index in [4.69, 9.17) is 4.74 Å². The van der Waals surface area contributed by atoms with Crippen LogP contribution in [-0.2, 0) is 6.42 Å². The number of ether oxygens (including phenoxy) is 1. The minimum absolute atomic E-state index is 0.229. The highest BCUT2D eigenvalue weighted by atomic mass is 16.5. The highest BCUT2D eigenvalue weighted by Crippen LogP contribution is 2.14. The second-order valence-corrected chi connectivity index (χ2v) is 5.15. The molecule has 0 aliphatic carbocycles. The summed E-state index contributed by atoms with van der Waals surface area (Å²) in [5, 5.41) is 13.1. The average molecular weight is 285 g/mol. The molecule has 2 N–H and O–H groups in total. The molecule has 3 heteroatoms. The van der Waals surface area contributed by atoms with Crippen molar-refractivity contribution in [2.75, 3.05) is 13.2 Å². The maximum absolute atomic E-state index is 9.56. The average Bonchev–Trinajstić information content (AvgIpc) is 2.51. The van der Waals surface area contributed by atoms with Gasteiger partial charge < -0.3 is 15.2 Å². The zero-order valence-electron chi connectivity index (χ0n) is 12.5. The van der Waals surface area contributed by atoms with E-state index >= 15 is 0 Å². The Morgan fingerprint density at radius 1 is 1.10 bits per heavy atom. The van der Waals surface area contributed by atoms with Crippen LogP contribution in [0.3, 0.4) is 0 Å². The van der Waals surface area contributed by atoms with E-state index in [1.54, 1.807) is 6.07 Å². The summed E-state index contributed by atoms with van der Waals surface area (Å²) in [6, 6.07) is 17.5. The van der Waals surface area contributed by atoms with Crippen LogP contribution in [0.15, 0.2) is 54.6 Å². The van der Waals surface area contributed by atoms with Gasteiger partial charge >= 0.3 is 0 Å². The Bertz CT molecular complexity index is 528. The zero-order chi connectivity index (χ0) is 14.9. The molecule has 0 saturated heterocycles. The molecule has 0 radical (unpaired) electrons. The highest BCUT2D eigenvalue weighted by molar-refractivity contribution is 5.28. The van der Waals surface area contributed by atoms with Gasteiger partial charge in [0.15, 0.2) is 0 Å². The van der Waals surface area contributed by atoms with Crippen molar-refractivity contribution in [1.82, 2.24) is 5.32 Å². The van der Waals surface area contributed by atoms with Crippen molar-refractivity contribution in [2.24, 2.45) is 0 Å². The predicted molar refractivity (Wildman–Crippen MR) is 85.8 cm³/mol. The fourth-order valence-corrected chi connectivity index (χ4v) is 2.22. The van der Waals surface area contributed by atoms with Gasteiger partial charge in [0, 0.05) is 6.04 Å². The van der Waals surface area contributed by atoms with Crippen LogP contribution in [0, 0.1) is 0 Å². The van der Waals surface area contributed by atoms with E-state index in [2.05, 4.69) is 12.2 Å². The maximum Gasteiger partial charge on any atom is 0.119 e. The summed E-state index contributed by atoms with van der Waals surface area (Å²) in [4.78, 5) is 0. The van der Waals surface area contributed by atoms with Crippen molar-refractivity contribution in [2.45, 2.75) is 25.8 Å². The van der Waals surface area contributed by atoms with E-state index in [0.717, 1.165) is 30.7 Å². The smallest absolute Gasteiger partial charge is 0.119 e. The molecular weight excluding hydrogens is 262 g/mol. The second kappa shape index (κ2) is 8.32. The molecule has 0 heterocycles. The van der Waals surface area contributed by atoms with Crippen molar-refractivity contribution in [3.05, 3.63) is 60.2 Å². The Hall–Kier alpha value is -2.00. The first-order valence-electron chi connectivity index (χ1n) is 7.47. The van der Waals surface area contributed by atoms with E-state index in [0.29, 0.717) is 12.4 Å². The normalized spacial score (nSPS) is 12.0. The largest absolute Gasteiger partial charge is 0.508 e. The van der Waals surface area contributed by atoms with Crippen molar-refractivity contribution < 1.29 is 9.84 Å². The summed E-state index contributed by atoms with van der Waals surface area (Å²) in [7, 11) is 0. The third-order valence-corrected chi connectivity index (χ3v) is 3.27. The Morgan fingerprint density at radius 3 is 2.62 bits per heavy atom. The Balaban J connectivity index is 1.94. The lowest BCUT2D eigenvalue weighted by Gasteiger charge is -2.19. The number of rotatable bonds is 8. The molecule has 0 amide bonds. The fourth-order valence-electron chi connectivity index (χ4n) is 2.22. The van der Waals surface area contributed by atoms with Gasteiger partial charge in [-0.15, -0.1) is 0 Å². The third-order valence-electron chi connectivity index (χ3n) is 3.27. The van der Waals surface area contributed by atoms with E-state index in [-0.39, 0.29) is 6.04 Å². The van der Waals surface area contributed by atoms with Crippen LogP contribution < -0.4 is 10.1 Å². The Kier molecular flexibility index (Phi) is 6.10. The van der Waals surface area contributed by atoms with E-state index in [1.807, 2.05) is 48.5 Å². The van der Waals surface area contributed by atoms with Crippen LogP contribution >= 0.6 is 0 Å². The zero-order valence-corrected chi connectivity index (χ0v) is 12.5. The number of para-hydroxylation sites is 1. The number of hydrogen-bond acceptors (Lipinski definition) is 3. The monoisotopic (exact) mass is 285 g/mol. The molecule has 0 saturated carbocycles. The van der Waals surface area contributed by atoms with Gasteiger partial charge in [-0.05, 0) is 49.2 Å². The van der Waals surface area contributed by atoms with Gasteiger partial charge in [0.2, 0.25) is 0 Å². The Morgan fingerprint density at radius 2 is 1.90 bits per heavy atom. The maximum atomic E-state index is 9.56. The molecule has 0 aliphatic rings. The predicted octanol–water partition coefficient (Wildman–Crippen LogP) is 3.38. The molecular formula is C18H23NO2.